The molecule has 1 aliphatic heterocycles. The van der Waals surface area contributed by atoms with Crippen molar-refractivity contribution >= 4 is 29.1 Å². The molecule has 2 aromatic rings. The second kappa shape index (κ2) is 8.82. The molecule has 0 unspecified atom stereocenters. The minimum Gasteiger partial charge on any atom is -0.454 e. The van der Waals surface area contributed by atoms with Crippen LogP contribution in [0.15, 0.2) is 24.3 Å². The summed E-state index contributed by atoms with van der Waals surface area (Å²) < 4.78 is 10.5. The van der Waals surface area contributed by atoms with Crippen molar-refractivity contribution in [3.63, 3.8) is 0 Å². The van der Waals surface area contributed by atoms with Crippen LogP contribution in [0.4, 0.5) is 0 Å². The largest absolute Gasteiger partial charge is 0.454 e. The monoisotopic (exact) mass is 457 g/mol. The highest BCUT2D eigenvalue weighted by molar-refractivity contribution is 7.14. The molecule has 2 heterocycles. The first-order valence-corrected chi connectivity index (χ1v) is 11.4. The highest BCUT2D eigenvalue weighted by Gasteiger charge is 2.30. The summed E-state index contributed by atoms with van der Waals surface area (Å²) in [6.07, 6.45) is 3.08. The van der Waals surface area contributed by atoms with Crippen molar-refractivity contribution in [3.05, 3.63) is 45.1 Å². The van der Waals surface area contributed by atoms with Gasteiger partial charge in [0.05, 0.1) is 11.4 Å². The van der Waals surface area contributed by atoms with Gasteiger partial charge < -0.3 is 14.8 Å². The van der Waals surface area contributed by atoms with Crippen molar-refractivity contribution in [1.29, 1.82) is 0 Å². The Morgan fingerprint density at radius 2 is 1.84 bits per heavy atom. The fourth-order valence-corrected chi connectivity index (χ4v) is 5.01. The molecule has 0 saturated heterocycles. The van der Waals surface area contributed by atoms with E-state index in [-0.39, 0.29) is 24.7 Å². The Morgan fingerprint density at radius 3 is 2.62 bits per heavy atom. The van der Waals surface area contributed by atoms with Gasteiger partial charge in [0.1, 0.15) is 0 Å². The minimum atomic E-state index is -0.526. The van der Waals surface area contributed by atoms with E-state index in [0.717, 1.165) is 19.3 Å². The van der Waals surface area contributed by atoms with Gasteiger partial charge in [-0.15, -0.1) is 11.3 Å². The van der Waals surface area contributed by atoms with Gasteiger partial charge in [-0.05, 0) is 60.4 Å². The first-order chi connectivity index (χ1) is 15.2. The third-order valence-corrected chi connectivity index (χ3v) is 7.13. The zero-order chi connectivity index (χ0) is 22.9. The van der Waals surface area contributed by atoms with Gasteiger partial charge in [-0.2, -0.15) is 0 Å². The van der Waals surface area contributed by atoms with E-state index in [2.05, 4.69) is 36.9 Å². The second-order valence-electron chi connectivity index (χ2n) is 9.12. The highest BCUT2D eigenvalue weighted by Crippen LogP contribution is 2.40. The van der Waals surface area contributed by atoms with Crippen LogP contribution in [-0.4, -0.2) is 31.1 Å². The van der Waals surface area contributed by atoms with Crippen LogP contribution in [0, 0.1) is 11.3 Å². The summed E-state index contributed by atoms with van der Waals surface area (Å²) in [6.45, 7) is 6.60. The van der Waals surface area contributed by atoms with Crippen molar-refractivity contribution in [2.75, 3.05) is 13.3 Å². The molecule has 170 valence electrons. The number of carbonyl (C=O) groups excluding carboxylic acids is 3. The lowest BCUT2D eigenvalue weighted by Crippen LogP contribution is -2.46. The third-order valence-electron chi connectivity index (χ3n) is 5.89. The van der Waals surface area contributed by atoms with Crippen LogP contribution < -0.4 is 25.6 Å². The van der Waals surface area contributed by atoms with E-state index in [0.29, 0.717) is 27.9 Å². The molecule has 3 N–H and O–H groups in total. The number of hydrogen-bond donors (Lipinski definition) is 3. The summed E-state index contributed by atoms with van der Waals surface area (Å²) in [5, 5.41) is 2.52. The van der Waals surface area contributed by atoms with Gasteiger partial charge >= 0.3 is 0 Å². The average Bonchev–Trinajstić information content (AvgIpc) is 3.40. The van der Waals surface area contributed by atoms with E-state index < -0.39 is 11.8 Å². The lowest BCUT2D eigenvalue weighted by molar-refractivity contribution is -0.120. The van der Waals surface area contributed by atoms with Gasteiger partial charge in [0.25, 0.3) is 17.7 Å². The molecule has 0 spiro atoms. The molecule has 1 atom stereocenters. The molecule has 1 aromatic carbocycles. The normalized spacial score (nSPS) is 16.8. The number of rotatable bonds is 4. The van der Waals surface area contributed by atoms with Crippen LogP contribution in [0.3, 0.4) is 0 Å². The minimum absolute atomic E-state index is 0.118. The predicted molar refractivity (Wildman–Crippen MR) is 120 cm³/mol. The number of nitrogens with one attached hydrogen (secondary N) is 3. The maximum absolute atomic E-state index is 12.5. The number of hydrazine groups is 1. The van der Waals surface area contributed by atoms with Gasteiger partial charge in [-0.3, -0.25) is 25.2 Å². The Balaban J connectivity index is 1.25. The zero-order valence-corrected chi connectivity index (χ0v) is 19.2. The summed E-state index contributed by atoms with van der Waals surface area (Å²) in [7, 11) is 0. The van der Waals surface area contributed by atoms with Crippen LogP contribution in [0.2, 0.25) is 0 Å². The zero-order valence-electron chi connectivity index (χ0n) is 18.4. The number of amides is 3. The quantitative estimate of drug-likeness (QED) is 0.613. The average molecular weight is 458 g/mol. The van der Waals surface area contributed by atoms with Gasteiger partial charge in [-0.25, -0.2) is 0 Å². The maximum atomic E-state index is 12.5. The lowest BCUT2D eigenvalue weighted by atomic mass is 9.72. The number of hydrogen-bond acceptors (Lipinski definition) is 6. The lowest BCUT2D eigenvalue weighted by Gasteiger charge is -2.33. The van der Waals surface area contributed by atoms with Crippen LogP contribution in [0.1, 0.15) is 57.7 Å². The van der Waals surface area contributed by atoms with E-state index >= 15 is 0 Å². The first-order valence-electron chi connectivity index (χ1n) is 10.6. The van der Waals surface area contributed by atoms with Crippen LogP contribution in [-0.2, 0) is 17.6 Å². The Kier molecular flexibility index (Phi) is 6.10. The topological polar surface area (TPSA) is 106 Å². The molecule has 0 saturated carbocycles. The Labute approximate surface area is 190 Å². The van der Waals surface area contributed by atoms with Crippen molar-refractivity contribution in [2.45, 2.75) is 40.0 Å². The first kappa shape index (κ1) is 22.1. The smallest absolute Gasteiger partial charge is 0.279 e. The number of benzene rings is 1. The summed E-state index contributed by atoms with van der Waals surface area (Å²) in [5.74, 6) is 0.347. The standard InChI is InChI=1S/C23H27N3O5S/c1-23(2,3)15-5-7-18-14(8-15)10-19(32-18)22(29)26-25-20(27)11-24-21(28)13-4-6-16-17(9-13)31-12-30-16/h4,6,9-10,15H,5,7-8,11-12H2,1-3H3,(H,24,28)(H,25,27)(H,26,29)/t15-/m0/s1. The van der Waals surface area contributed by atoms with E-state index in [9.17, 15) is 14.4 Å². The predicted octanol–water partition coefficient (Wildman–Crippen LogP) is 2.82. The number of thiophene rings is 1. The van der Waals surface area contributed by atoms with Crippen molar-refractivity contribution in [1.82, 2.24) is 16.2 Å². The van der Waals surface area contributed by atoms with Crippen molar-refractivity contribution in [2.24, 2.45) is 11.3 Å². The molecule has 8 nitrogen and oxygen atoms in total. The molecule has 4 rings (SSSR count). The van der Waals surface area contributed by atoms with Gasteiger partial charge in [-0.1, -0.05) is 20.8 Å². The van der Waals surface area contributed by atoms with Gasteiger partial charge in [0, 0.05) is 10.4 Å². The molecular weight excluding hydrogens is 430 g/mol. The fourth-order valence-electron chi connectivity index (χ4n) is 3.91. The molecular formula is C23H27N3O5S. The molecule has 1 aromatic heterocycles. The van der Waals surface area contributed by atoms with Crippen LogP contribution in [0.25, 0.3) is 0 Å². The summed E-state index contributed by atoms with van der Waals surface area (Å²) in [6, 6.07) is 6.72. The van der Waals surface area contributed by atoms with E-state index in [1.165, 1.54) is 21.8 Å². The summed E-state index contributed by atoms with van der Waals surface area (Å²) >= 11 is 1.48. The van der Waals surface area contributed by atoms with Gasteiger partial charge in [0.2, 0.25) is 6.79 Å². The number of fused-ring (bicyclic) bond motifs is 2. The second-order valence-corrected chi connectivity index (χ2v) is 10.3. The van der Waals surface area contributed by atoms with E-state index in [1.54, 1.807) is 18.2 Å². The summed E-state index contributed by atoms with van der Waals surface area (Å²) in [5.41, 5.74) is 6.60. The van der Waals surface area contributed by atoms with E-state index in [1.807, 2.05) is 6.07 Å². The number of carbonyl (C=O) groups is 3. The molecule has 3 amide bonds. The highest BCUT2D eigenvalue weighted by atomic mass is 32.1. The molecule has 0 bridgehead atoms. The van der Waals surface area contributed by atoms with Gasteiger partial charge in [0.15, 0.2) is 11.5 Å². The summed E-state index contributed by atoms with van der Waals surface area (Å²) in [4.78, 5) is 38.6. The molecule has 9 heteroatoms. The molecule has 0 fully saturated rings. The van der Waals surface area contributed by atoms with E-state index in [4.69, 9.17) is 9.47 Å². The molecule has 2 aliphatic rings. The fraction of sp³-hybridized carbons (Fsp3) is 0.435. The Morgan fingerprint density at radius 1 is 1.06 bits per heavy atom. The molecule has 1 aliphatic carbocycles. The van der Waals surface area contributed by atoms with Crippen molar-refractivity contribution in [3.8, 4) is 11.5 Å². The number of aryl methyl sites for hydroxylation is 1. The van der Waals surface area contributed by atoms with Crippen molar-refractivity contribution < 1.29 is 23.9 Å². The molecule has 32 heavy (non-hydrogen) atoms. The Bertz CT molecular complexity index is 1060. The Hall–Kier alpha value is -3.07. The molecule has 0 radical (unpaired) electrons. The third kappa shape index (κ3) is 4.88. The SMILES string of the molecule is CC(C)(C)[C@H]1CCc2sc(C(=O)NNC(=O)CNC(=O)c3ccc4c(c3)OCO4)cc2C1. The number of ether oxygens (including phenoxy) is 2. The maximum Gasteiger partial charge on any atom is 0.279 e. The van der Waals surface area contributed by atoms with Crippen LogP contribution >= 0.6 is 11.3 Å². The van der Waals surface area contributed by atoms with Crippen LogP contribution in [0.5, 0.6) is 11.5 Å².